The van der Waals surface area contributed by atoms with Crippen molar-refractivity contribution in [2.45, 2.75) is 38.6 Å². The number of fused-ring (bicyclic) bond motifs is 1. The van der Waals surface area contributed by atoms with Crippen LogP contribution in [0.2, 0.25) is 0 Å². The number of aryl methyl sites for hydroxylation is 1. The minimum atomic E-state index is 0.487. The van der Waals surface area contributed by atoms with Crippen LogP contribution in [0.1, 0.15) is 48.4 Å². The fraction of sp³-hybridized carbons (Fsp3) is 0.571. The summed E-state index contributed by atoms with van der Waals surface area (Å²) < 4.78 is 5.50. The lowest BCUT2D eigenvalue weighted by molar-refractivity contribution is 0.388. The van der Waals surface area contributed by atoms with Gasteiger partial charge in [-0.2, -0.15) is 0 Å². The first-order valence-corrected chi connectivity index (χ1v) is 6.03. The highest BCUT2D eigenvalue weighted by atomic mass is 16.5. The summed E-state index contributed by atoms with van der Waals surface area (Å²) in [5.74, 6) is 1.66. The van der Waals surface area contributed by atoms with E-state index in [0.29, 0.717) is 12.0 Å². The molecule has 0 fully saturated rings. The van der Waals surface area contributed by atoms with Crippen LogP contribution in [-0.4, -0.2) is 14.2 Å². The van der Waals surface area contributed by atoms with Crippen molar-refractivity contribution in [1.29, 1.82) is 0 Å². The third-order valence-corrected chi connectivity index (χ3v) is 3.76. The molecule has 2 rings (SSSR count). The highest BCUT2D eigenvalue weighted by Crippen LogP contribution is 2.43. The average Bonchev–Trinajstić information content (AvgIpc) is 2.31. The standard InChI is InChI=1S/C14H21NO/c1-9-6-8-12(16-4)14-10(2)5-7-11(15-3)13(9)14/h6,8,10-11,15H,5,7H2,1-4H3. The monoisotopic (exact) mass is 219 g/mol. The molecule has 88 valence electrons. The Morgan fingerprint density at radius 2 is 2.00 bits per heavy atom. The van der Waals surface area contributed by atoms with E-state index in [2.05, 4.69) is 31.3 Å². The van der Waals surface area contributed by atoms with Gasteiger partial charge in [-0.3, -0.25) is 0 Å². The highest BCUT2D eigenvalue weighted by molar-refractivity contribution is 5.49. The quantitative estimate of drug-likeness (QED) is 0.825. The maximum absolute atomic E-state index is 5.50. The van der Waals surface area contributed by atoms with E-state index in [1.165, 1.54) is 29.5 Å². The van der Waals surface area contributed by atoms with Gasteiger partial charge in [0.15, 0.2) is 0 Å². The van der Waals surface area contributed by atoms with Crippen LogP contribution in [0.15, 0.2) is 12.1 Å². The van der Waals surface area contributed by atoms with Crippen LogP contribution >= 0.6 is 0 Å². The first-order valence-electron chi connectivity index (χ1n) is 6.03. The lowest BCUT2D eigenvalue weighted by Crippen LogP contribution is -2.24. The van der Waals surface area contributed by atoms with E-state index in [1.807, 2.05) is 7.05 Å². The maximum atomic E-state index is 5.50. The molecule has 1 aliphatic carbocycles. The van der Waals surface area contributed by atoms with Crippen molar-refractivity contribution in [3.8, 4) is 5.75 Å². The molecule has 2 heteroatoms. The molecule has 0 saturated heterocycles. The predicted octanol–water partition coefficient (Wildman–Crippen LogP) is 3.16. The van der Waals surface area contributed by atoms with E-state index in [9.17, 15) is 0 Å². The van der Waals surface area contributed by atoms with Gasteiger partial charge in [-0.05, 0) is 49.9 Å². The summed E-state index contributed by atoms with van der Waals surface area (Å²) >= 11 is 0. The summed E-state index contributed by atoms with van der Waals surface area (Å²) in [4.78, 5) is 0. The lowest BCUT2D eigenvalue weighted by atomic mass is 9.78. The van der Waals surface area contributed by atoms with Gasteiger partial charge >= 0.3 is 0 Å². The lowest BCUT2D eigenvalue weighted by Gasteiger charge is -2.32. The predicted molar refractivity (Wildman–Crippen MR) is 67.2 cm³/mol. The molecule has 1 aromatic carbocycles. The van der Waals surface area contributed by atoms with Crippen LogP contribution in [0, 0.1) is 6.92 Å². The zero-order valence-electron chi connectivity index (χ0n) is 10.6. The van der Waals surface area contributed by atoms with Gasteiger partial charge in [-0.25, -0.2) is 0 Å². The molecule has 0 amide bonds. The Kier molecular flexibility index (Phi) is 3.20. The topological polar surface area (TPSA) is 21.3 Å². The van der Waals surface area contributed by atoms with Gasteiger partial charge in [0.1, 0.15) is 5.75 Å². The van der Waals surface area contributed by atoms with Gasteiger partial charge in [0, 0.05) is 11.6 Å². The fourth-order valence-corrected chi connectivity index (χ4v) is 2.87. The zero-order chi connectivity index (χ0) is 11.7. The molecule has 1 aromatic rings. The second-order valence-corrected chi connectivity index (χ2v) is 4.73. The highest BCUT2D eigenvalue weighted by Gasteiger charge is 2.27. The summed E-state index contributed by atoms with van der Waals surface area (Å²) in [6, 6.07) is 4.75. The molecule has 1 aliphatic rings. The Morgan fingerprint density at radius 3 is 2.62 bits per heavy atom. The number of methoxy groups -OCH3 is 1. The minimum Gasteiger partial charge on any atom is -0.496 e. The molecule has 0 aromatic heterocycles. The minimum absolute atomic E-state index is 0.487. The van der Waals surface area contributed by atoms with Gasteiger partial charge in [0.2, 0.25) is 0 Å². The van der Waals surface area contributed by atoms with Crippen LogP contribution in [-0.2, 0) is 0 Å². The van der Waals surface area contributed by atoms with Crippen molar-refractivity contribution >= 4 is 0 Å². The molecule has 0 bridgehead atoms. The smallest absolute Gasteiger partial charge is 0.122 e. The largest absolute Gasteiger partial charge is 0.496 e. The number of hydrogen-bond acceptors (Lipinski definition) is 2. The van der Waals surface area contributed by atoms with Crippen LogP contribution in [0.25, 0.3) is 0 Å². The average molecular weight is 219 g/mol. The van der Waals surface area contributed by atoms with E-state index < -0.39 is 0 Å². The molecule has 2 nitrogen and oxygen atoms in total. The number of hydrogen-bond donors (Lipinski definition) is 1. The molecule has 0 radical (unpaired) electrons. The summed E-state index contributed by atoms with van der Waals surface area (Å²) in [7, 11) is 3.81. The van der Waals surface area contributed by atoms with Crippen LogP contribution in [0.5, 0.6) is 5.75 Å². The van der Waals surface area contributed by atoms with Crippen molar-refractivity contribution < 1.29 is 4.74 Å². The molecule has 16 heavy (non-hydrogen) atoms. The molecule has 0 spiro atoms. The van der Waals surface area contributed by atoms with E-state index in [1.54, 1.807) is 7.11 Å². The third-order valence-electron chi connectivity index (χ3n) is 3.76. The van der Waals surface area contributed by atoms with Gasteiger partial charge in [-0.1, -0.05) is 13.0 Å². The molecular formula is C14H21NO. The molecule has 0 heterocycles. The van der Waals surface area contributed by atoms with Crippen molar-refractivity contribution in [3.05, 3.63) is 28.8 Å². The van der Waals surface area contributed by atoms with E-state index in [0.717, 1.165) is 5.75 Å². The van der Waals surface area contributed by atoms with E-state index >= 15 is 0 Å². The molecule has 0 aliphatic heterocycles. The van der Waals surface area contributed by atoms with Crippen molar-refractivity contribution in [1.82, 2.24) is 5.32 Å². The number of nitrogens with one attached hydrogen (secondary N) is 1. The van der Waals surface area contributed by atoms with Crippen molar-refractivity contribution in [2.24, 2.45) is 0 Å². The molecule has 2 unspecified atom stereocenters. The fourth-order valence-electron chi connectivity index (χ4n) is 2.87. The Morgan fingerprint density at radius 1 is 1.25 bits per heavy atom. The van der Waals surface area contributed by atoms with Crippen molar-refractivity contribution in [3.63, 3.8) is 0 Å². The van der Waals surface area contributed by atoms with Crippen LogP contribution in [0.3, 0.4) is 0 Å². The van der Waals surface area contributed by atoms with Crippen LogP contribution in [0.4, 0.5) is 0 Å². The summed E-state index contributed by atoms with van der Waals surface area (Å²) in [5.41, 5.74) is 4.25. The summed E-state index contributed by atoms with van der Waals surface area (Å²) in [5, 5.41) is 3.42. The van der Waals surface area contributed by atoms with Crippen LogP contribution < -0.4 is 10.1 Å². The van der Waals surface area contributed by atoms with E-state index in [-0.39, 0.29) is 0 Å². The Hall–Kier alpha value is -1.02. The second-order valence-electron chi connectivity index (χ2n) is 4.73. The van der Waals surface area contributed by atoms with E-state index in [4.69, 9.17) is 4.74 Å². The first-order chi connectivity index (χ1) is 7.69. The third kappa shape index (κ3) is 1.71. The molecule has 0 saturated carbocycles. The SMILES string of the molecule is CNC1CCC(C)c2c(OC)ccc(C)c21. The Bertz CT molecular complexity index is 387. The van der Waals surface area contributed by atoms with Gasteiger partial charge in [0.25, 0.3) is 0 Å². The zero-order valence-corrected chi connectivity index (χ0v) is 10.6. The van der Waals surface area contributed by atoms with Gasteiger partial charge < -0.3 is 10.1 Å². The van der Waals surface area contributed by atoms with Crippen molar-refractivity contribution in [2.75, 3.05) is 14.2 Å². The molecular weight excluding hydrogens is 198 g/mol. The Balaban J connectivity index is 2.60. The maximum Gasteiger partial charge on any atom is 0.122 e. The van der Waals surface area contributed by atoms with Gasteiger partial charge in [0.05, 0.1) is 7.11 Å². The molecule has 1 N–H and O–H groups in total. The number of ether oxygens (including phenoxy) is 1. The summed E-state index contributed by atoms with van der Waals surface area (Å²) in [6.07, 6.45) is 2.46. The second kappa shape index (κ2) is 4.46. The number of benzene rings is 1. The normalized spacial score (nSPS) is 24.0. The molecule has 2 atom stereocenters. The van der Waals surface area contributed by atoms with Gasteiger partial charge in [-0.15, -0.1) is 0 Å². The first kappa shape index (κ1) is 11.5. The number of rotatable bonds is 2. The Labute approximate surface area is 98.0 Å². The summed E-state index contributed by atoms with van der Waals surface area (Å²) in [6.45, 7) is 4.49.